The monoisotopic (exact) mass is 307 g/mol. The van der Waals surface area contributed by atoms with Crippen LogP contribution in [0.3, 0.4) is 0 Å². The lowest BCUT2D eigenvalue weighted by Gasteiger charge is -2.46. The number of benzene rings is 1. The minimum absolute atomic E-state index is 0.209. The van der Waals surface area contributed by atoms with E-state index in [2.05, 4.69) is 31.7 Å². The van der Waals surface area contributed by atoms with Crippen LogP contribution < -0.4 is 4.90 Å². The van der Waals surface area contributed by atoms with E-state index in [0.29, 0.717) is 11.4 Å². The number of halogens is 1. The molecule has 4 heteroatoms. The second-order valence-corrected chi connectivity index (χ2v) is 6.40. The van der Waals surface area contributed by atoms with E-state index in [9.17, 15) is 4.79 Å². The maximum absolute atomic E-state index is 12.2. The van der Waals surface area contributed by atoms with E-state index in [1.807, 2.05) is 25.1 Å². The number of allylic oxidation sites excluding steroid dienone is 1. The van der Waals surface area contributed by atoms with Gasteiger partial charge in [0.25, 0.3) is 0 Å². The molecule has 114 valence electrons. The molecule has 0 unspecified atom stereocenters. The molecule has 3 nitrogen and oxygen atoms in total. The van der Waals surface area contributed by atoms with Gasteiger partial charge in [0.2, 0.25) is 0 Å². The Morgan fingerprint density at radius 2 is 2.10 bits per heavy atom. The average molecular weight is 308 g/mol. The highest BCUT2D eigenvalue weighted by atomic mass is 35.5. The number of rotatable bonds is 3. The van der Waals surface area contributed by atoms with Gasteiger partial charge in [0.1, 0.15) is 6.04 Å². The topological polar surface area (TPSA) is 29.5 Å². The van der Waals surface area contributed by atoms with Crippen LogP contribution in [0.25, 0.3) is 5.57 Å². The Morgan fingerprint density at radius 1 is 1.43 bits per heavy atom. The molecule has 0 aliphatic carbocycles. The van der Waals surface area contributed by atoms with E-state index in [0.717, 1.165) is 11.3 Å². The Balaban J connectivity index is 2.62. The third kappa shape index (κ3) is 2.80. The first-order chi connectivity index (χ1) is 9.81. The van der Waals surface area contributed by atoms with Crippen LogP contribution in [0.15, 0.2) is 24.3 Å². The second-order valence-electron chi connectivity index (χ2n) is 5.96. The number of esters is 1. The molecule has 1 aliphatic heterocycles. The first-order valence-electron chi connectivity index (χ1n) is 7.18. The van der Waals surface area contributed by atoms with E-state index in [1.165, 1.54) is 12.7 Å². The summed E-state index contributed by atoms with van der Waals surface area (Å²) in [5.74, 6) is -0.209. The third-order valence-corrected chi connectivity index (χ3v) is 4.24. The molecule has 0 bridgehead atoms. The Labute approximate surface area is 131 Å². The zero-order valence-electron chi connectivity index (χ0n) is 13.2. The highest BCUT2D eigenvalue weighted by molar-refractivity contribution is 6.30. The lowest BCUT2D eigenvalue weighted by Crippen LogP contribution is -2.54. The third-order valence-electron chi connectivity index (χ3n) is 4.01. The van der Waals surface area contributed by atoms with Gasteiger partial charge in [-0.05, 0) is 51.0 Å². The largest absolute Gasteiger partial charge is 0.467 e. The van der Waals surface area contributed by atoms with Gasteiger partial charge in [-0.2, -0.15) is 0 Å². The van der Waals surface area contributed by atoms with Crippen LogP contribution in [0.5, 0.6) is 0 Å². The molecule has 0 saturated carbocycles. The van der Waals surface area contributed by atoms with E-state index in [-0.39, 0.29) is 17.6 Å². The summed E-state index contributed by atoms with van der Waals surface area (Å²) in [5, 5.41) is 0.701. The van der Waals surface area contributed by atoms with E-state index >= 15 is 0 Å². The van der Waals surface area contributed by atoms with Crippen molar-refractivity contribution in [3.05, 3.63) is 34.9 Å². The van der Waals surface area contributed by atoms with Gasteiger partial charge in [0.15, 0.2) is 0 Å². The smallest absolute Gasteiger partial charge is 0.328 e. The van der Waals surface area contributed by atoms with Crippen molar-refractivity contribution in [1.82, 2.24) is 0 Å². The standard InChI is InChI=1S/C17H22ClNO2/c1-6-14(16(20)21-5)19-15-8-7-12(18)9-13(15)11(2)10-17(19,3)4/h7-10,14H,6H2,1-5H3/t14-/m1/s1. The van der Waals surface area contributed by atoms with Crippen LogP contribution in [-0.4, -0.2) is 24.7 Å². The van der Waals surface area contributed by atoms with Crippen molar-refractivity contribution in [3.63, 3.8) is 0 Å². The van der Waals surface area contributed by atoms with Crippen LogP contribution in [0.2, 0.25) is 5.02 Å². The summed E-state index contributed by atoms with van der Waals surface area (Å²) in [6.07, 6.45) is 2.86. The molecular weight excluding hydrogens is 286 g/mol. The number of nitrogens with zero attached hydrogens (tertiary/aromatic N) is 1. The number of anilines is 1. The van der Waals surface area contributed by atoms with Crippen molar-refractivity contribution in [2.45, 2.75) is 45.7 Å². The summed E-state index contributed by atoms with van der Waals surface area (Å²) in [6, 6.07) is 5.50. The summed E-state index contributed by atoms with van der Waals surface area (Å²) < 4.78 is 4.99. The number of hydrogen-bond acceptors (Lipinski definition) is 3. The molecule has 0 radical (unpaired) electrons. The van der Waals surface area contributed by atoms with E-state index in [4.69, 9.17) is 16.3 Å². The van der Waals surface area contributed by atoms with Crippen LogP contribution >= 0.6 is 11.6 Å². The molecular formula is C17H22ClNO2. The molecule has 2 rings (SSSR count). The molecule has 0 saturated heterocycles. The number of carbonyl (C=O) groups is 1. The molecule has 1 aliphatic rings. The molecule has 0 aromatic heterocycles. The molecule has 1 atom stereocenters. The predicted octanol–water partition coefficient (Wildman–Crippen LogP) is 4.29. The summed E-state index contributed by atoms with van der Waals surface area (Å²) in [7, 11) is 1.44. The molecule has 1 aromatic carbocycles. The van der Waals surface area contributed by atoms with Crippen molar-refractivity contribution >= 4 is 28.8 Å². The molecule has 1 heterocycles. The Kier molecular flexibility index (Phi) is 4.33. The normalized spacial score (nSPS) is 17.8. The van der Waals surface area contributed by atoms with Crippen molar-refractivity contribution in [2.75, 3.05) is 12.0 Å². The van der Waals surface area contributed by atoms with Crippen LogP contribution in [-0.2, 0) is 9.53 Å². The zero-order chi connectivity index (χ0) is 15.8. The summed E-state index contributed by atoms with van der Waals surface area (Å²) in [6.45, 7) is 8.30. The van der Waals surface area contributed by atoms with Crippen molar-refractivity contribution in [2.24, 2.45) is 0 Å². The highest BCUT2D eigenvalue weighted by Crippen LogP contribution is 2.41. The van der Waals surface area contributed by atoms with Crippen LogP contribution in [0.1, 0.15) is 39.7 Å². The number of hydrogen-bond donors (Lipinski definition) is 0. The second kappa shape index (κ2) is 5.72. The lowest BCUT2D eigenvalue weighted by molar-refractivity contribution is -0.142. The average Bonchev–Trinajstić information content (AvgIpc) is 2.42. The van der Waals surface area contributed by atoms with Crippen LogP contribution in [0.4, 0.5) is 5.69 Å². The van der Waals surface area contributed by atoms with Gasteiger partial charge in [-0.1, -0.05) is 24.6 Å². The van der Waals surface area contributed by atoms with Gasteiger partial charge >= 0.3 is 5.97 Å². The van der Waals surface area contributed by atoms with Gasteiger partial charge in [-0.15, -0.1) is 0 Å². The fourth-order valence-electron chi connectivity index (χ4n) is 3.18. The highest BCUT2D eigenvalue weighted by Gasteiger charge is 2.38. The maximum Gasteiger partial charge on any atom is 0.328 e. The van der Waals surface area contributed by atoms with Crippen molar-refractivity contribution < 1.29 is 9.53 Å². The molecule has 0 amide bonds. The zero-order valence-corrected chi connectivity index (χ0v) is 14.0. The summed E-state index contributed by atoms with van der Waals surface area (Å²) >= 11 is 6.13. The molecule has 1 aromatic rings. The number of carbonyl (C=O) groups excluding carboxylic acids is 1. The Bertz CT molecular complexity index is 592. The lowest BCUT2D eigenvalue weighted by atomic mass is 9.87. The fourth-order valence-corrected chi connectivity index (χ4v) is 3.35. The van der Waals surface area contributed by atoms with Gasteiger partial charge in [0.05, 0.1) is 12.6 Å². The summed E-state index contributed by atoms with van der Waals surface area (Å²) in [4.78, 5) is 14.3. The van der Waals surface area contributed by atoms with Gasteiger partial charge in [-0.25, -0.2) is 4.79 Å². The minimum Gasteiger partial charge on any atom is -0.467 e. The maximum atomic E-state index is 12.2. The van der Waals surface area contributed by atoms with Crippen molar-refractivity contribution in [1.29, 1.82) is 0 Å². The van der Waals surface area contributed by atoms with E-state index < -0.39 is 0 Å². The first kappa shape index (κ1) is 15.9. The van der Waals surface area contributed by atoms with E-state index in [1.54, 1.807) is 0 Å². The SMILES string of the molecule is CC[C@H](C(=O)OC)N1c2ccc(Cl)cc2C(C)=CC1(C)C. The van der Waals surface area contributed by atoms with Gasteiger partial charge < -0.3 is 9.64 Å². The number of fused-ring (bicyclic) bond motifs is 1. The predicted molar refractivity (Wildman–Crippen MR) is 87.8 cm³/mol. The van der Waals surface area contributed by atoms with Gasteiger partial charge in [-0.3, -0.25) is 0 Å². The first-order valence-corrected chi connectivity index (χ1v) is 7.56. The summed E-state index contributed by atoms with van der Waals surface area (Å²) in [5.41, 5.74) is 3.01. The number of methoxy groups -OCH3 is 1. The molecule has 0 fully saturated rings. The van der Waals surface area contributed by atoms with Crippen LogP contribution in [0, 0.1) is 0 Å². The Morgan fingerprint density at radius 3 is 2.67 bits per heavy atom. The Hall–Kier alpha value is -1.48. The van der Waals surface area contributed by atoms with Gasteiger partial charge in [0, 0.05) is 16.3 Å². The molecule has 21 heavy (non-hydrogen) atoms. The molecule has 0 spiro atoms. The number of ether oxygens (including phenoxy) is 1. The quantitative estimate of drug-likeness (QED) is 0.780. The van der Waals surface area contributed by atoms with Crippen molar-refractivity contribution in [3.8, 4) is 0 Å². The fraction of sp³-hybridized carbons (Fsp3) is 0.471. The minimum atomic E-state index is -0.311. The molecule has 0 N–H and O–H groups in total.